The summed E-state index contributed by atoms with van der Waals surface area (Å²) in [5, 5.41) is 17.1. The number of hydrogen-bond donors (Lipinski definition) is 4. The summed E-state index contributed by atoms with van der Waals surface area (Å²) in [4.78, 5) is 42.0. The lowest BCUT2D eigenvalue weighted by molar-refractivity contribution is -0.122. The van der Waals surface area contributed by atoms with Crippen LogP contribution in [0.1, 0.15) is 29.0 Å². The molecule has 4 N–H and O–H groups in total. The number of imidazole rings is 1. The highest BCUT2D eigenvalue weighted by molar-refractivity contribution is 6.11. The molecule has 1 atom stereocenters. The molecule has 9 heteroatoms. The van der Waals surface area contributed by atoms with Crippen LogP contribution in [-0.2, 0) is 23.1 Å². The molecule has 160 valence electrons. The van der Waals surface area contributed by atoms with E-state index in [-0.39, 0.29) is 13.0 Å². The summed E-state index contributed by atoms with van der Waals surface area (Å²) in [6.07, 6.45) is 1.08. The molecule has 3 aromatic rings. The van der Waals surface area contributed by atoms with Gasteiger partial charge in [-0.15, -0.1) is 0 Å². The van der Waals surface area contributed by atoms with Crippen molar-refractivity contribution in [2.75, 3.05) is 17.2 Å². The molecular formula is C22H23N5O4. The zero-order valence-corrected chi connectivity index (χ0v) is 17.0. The molecule has 31 heavy (non-hydrogen) atoms. The van der Waals surface area contributed by atoms with Crippen molar-refractivity contribution >= 4 is 40.1 Å². The number of carbonyl (C=O) groups excluding carboxylic acids is 3. The average Bonchev–Trinajstić information content (AvgIpc) is 3.00. The summed E-state index contributed by atoms with van der Waals surface area (Å²) in [6, 6.07) is 11.1. The van der Waals surface area contributed by atoms with Crippen molar-refractivity contribution in [2.24, 2.45) is 7.05 Å². The normalized spacial score (nSPS) is 15.7. The Labute approximate surface area is 178 Å². The van der Waals surface area contributed by atoms with E-state index in [9.17, 15) is 14.4 Å². The number of amides is 3. The van der Waals surface area contributed by atoms with E-state index in [4.69, 9.17) is 5.11 Å². The van der Waals surface area contributed by atoms with Gasteiger partial charge < -0.3 is 25.6 Å². The summed E-state index contributed by atoms with van der Waals surface area (Å²) < 4.78 is 1.96. The second-order valence-electron chi connectivity index (χ2n) is 7.43. The zero-order chi connectivity index (χ0) is 22.0. The van der Waals surface area contributed by atoms with Gasteiger partial charge in [-0.2, -0.15) is 0 Å². The monoisotopic (exact) mass is 421 g/mol. The number of hydrogen-bond acceptors (Lipinski definition) is 5. The third-order valence-electron chi connectivity index (χ3n) is 5.26. The minimum atomic E-state index is -0.983. The van der Waals surface area contributed by atoms with Gasteiger partial charge in [-0.1, -0.05) is 12.1 Å². The predicted molar refractivity (Wildman–Crippen MR) is 116 cm³/mol. The van der Waals surface area contributed by atoms with Crippen LogP contribution in [0.25, 0.3) is 11.0 Å². The van der Waals surface area contributed by atoms with Crippen LogP contribution in [0.15, 0.2) is 42.5 Å². The SMILES string of the molecule is Cn1c(CCCO)nc2cc(NC(=O)C[C@H]3NC(=O)c4ccccc4NC3=O)ccc21. The number of rotatable bonds is 6. The zero-order valence-electron chi connectivity index (χ0n) is 17.0. The quantitative estimate of drug-likeness (QED) is 0.481. The minimum Gasteiger partial charge on any atom is -0.396 e. The summed E-state index contributed by atoms with van der Waals surface area (Å²) in [7, 11) is 1.91. The molecule has 2 heterocycles. The molecule has 0 saturated heterocycles. The third-order valence-corrected chi connectivity index (χ3v) is 5.26. The second kappa shape index (κ2) is 8.57. The Kier molecular flexibility index (Phi) is 5.68. The maximum absolute atomic E-state index is 12.6. The third kappa shape index (κ3) is 4.26. The van der Waals surface area contributed by atoms with Crippen molar-refractivity contribution in [3.8, 4) is 0 Å². The molecule has 0 unspecified atom stereocenters. The van der Waals surface area contributed by atoms with Gasteiger partial charge in [-0.05, 0) is 36.8 Å². The lowest BCUT2D eigenvalue weighted by Crippen LogP contribution is -2.43. The molecule has 0 radical (unpaired) electrons. The topological polar surface area (TPSA) is 125 Å². The number of nitrogens with one attached hydrogen (secondary N) is 3. The first-order chi connectivity index (χ1) is 15.0. The molecule has 2 aromatic carbocycles. The number of fused-ring (bicyclic) bond motifs is 2. The summed E-state index contributed by atoms with van der Waals surface area (Å²) >= 11 is 0. The van der Waals surface area contributed by atoms with Gasteiger partial charge in [0.05, 0.1) is 28.7 Å². The summed E-state index contributed by atoms with van der Waals surface area (Å²) in [5.74, 6) is -0.397. The highest BCUT2D eigenvalue weighted by Gasteiger charge is 2.29. The fourth-order valence-corrected chi connectivity index (χ4v) is 3.64. The van der Waals surface area contributed by atoms with Crippen LogP contribution in [0, 0.1) is 0 Å². The number of para-hydroxylation sites is 1. The Morgan fingerprint density at radius 3 is 2.84 bits per heavy atom. The summed E-state index contributed by atoms with van der Waals surface area (Å²) in [6.45, 7) is 0.0981. The van der Waals surface area contributed by atoms with E-state index < -0.39 is 23.8 Å². The van der Waals surface area contributed by atoms with E-state index >= 15 is 0 Å². The number of benzene rings is 2. The lowest BCUT2D eigenvalue weighted by atomic mass is 10.1. The Bertz CT molecular complexity index is 1170. The maximum atomic E-state index is 12.6. The molecule has 1 aromatic heterocycles. The van der Waals surface area contributed by atoms with Crippen LogP contribution in [0.4, 0.5) is 11.4 Å². The largest absolute Gasteiger partial charge is 0.396 e. The molecule has 0 spiro atoms. The summed E-state index contributed by atoms with van der Waals surface area (Å²) in [5.41, 5.74) is 2.97. The van der Waals surface area contributed by atoms with Gasteiger partial charge in [-0.25, -0.2) is 4.98 Å². The van der Waals surface area contributed by atoms with Crippen LogP contribution in [0.3, 0.4) is 0 Å². The number of carbonyl (C=O) groups is 3. The standard InChI is InChI=1S/C22H23N5O4/c1-27-18-9-8-13(11-16(18)24-19(27)7-4-10-28)23-20(29)12-17-22(31)25-15-6-3-2-5-14(15)21(30)26-17/h2-3,5-6,8-9,11,17,28H,4,7,10,12H2,1H3,(H,23,29)(H,25,31)(H,26,30)/t17-/m1/s1. The Balaban J connectivity index is 1.45. The van der Waals surface area contributed by atoms with Crippen LogP contribution in [0.2, 0.25) is 0 Å². The highest BCUT2D eigenvalue weighted by Crippen LogP contribution is 2.22. The molecule has 1 aliphatic heterocycles. The van der Waals surface area contributed by atoms with E-state index in [0.29, 0.717) is 29.8 Å². The van der Waals surface area contributed by atoms with Crippen LogP contribution in [-0.4, -0.2) is 45.0 Å². The van der Waals surface area contributed by atoms with Crippen molar-refractivity contribution < 1.29 is 19.5 Å². The number of aliphatic hydroxyl groups is 1. The highest BCUT2D eigenvalue weighted by atomic mass is 16.3. The van der Waals surface area contributed by atoms with Crippen molar-refractivity contribution in [2.45, 2.75) is 25.3 Å². The van der Waals surface area contributed by atoms with Gasteiger partial charge >= 0.3 is 0 Å². The van der Waals surface area contributed by atoms with Crippen LogP contribution in [0.5, 0.6) is 0 Å². The molecule has 0 bridgehead atoms. The Morgan fingerprint density at radius 2 is 2.03 bits per heavy atom. The van der Waals surface area contributed by atoms with Gasteiger partial charge in [0.1, 0.15) is 11.9 Å². The Morgan fingerprint density at radius 1 is 1.23 bits per heavy atom. The van der Waals surface area contributed by atoms with Gasteiger partial charge in [0.15, 0.2) is 0 Å². The van der Waals surface area contributed by atoms with E-state index in [1.54, 1.807) is 36.4 Å². The van der Waals surface area contributed by atoms with Gasteiger partial charge in [0, 0.05) is 25.8 Å². The molecule has 3 amide bonds. The molecule has 9 nitrogen and oxygen atoms in total. The molecule has 0 aliphatic carbocycles. The second-order valence-corrected chi connectivity index (χ2v) is 7.43. The molecule has 0 saturated carbocycles. The number of aryl methyl sites for hydroxylation is 2. The van der Waals surface area contributed by atoms with Gasteiger partial charge in [0.2, 0.25) is 11.8 Å². The predicted octanol–water partition coefficient (Wildman–Crippen LogP) is 1.58. The van der Waals surface area contributed by atoms with Crippen molar-refractivity contribution in [1.82, 2.24) is 14.9 Å². The first kappa shape index (κ1) is 20.5. The number of anilines is 2. The smallest absolute Gasteiger partial charge is 0.254 e. The molecule has 1 aliphatic rings. The van der Waals surface area contributed by atoms with E-state index in [0.717, 1.165) is 16.9 Å². The number of nitrogens with zero attached hydrogens (tertiary/aromatic N) is 2. The fourth-order valence-electron chi connectivity index (χ4n) is 3.64. The van der Waals surface area contributed by atoms with Gasteiger partial charge in [-0.3, -0.25) is 14.4 Å². The minimum absolute atomic E-state index is 0.0981. The van der Waals surface area contributed by atoms with E-state index in [1.807, 2.05) is 17.7 Å². The first-order valence-electron chi connectivity index (χ1n) is 10.0. The van der Waals surface area contributed by atoms with Crippen molar-refractivity contribution in [3.05, 3.63) is 53.9 Å². The molecule has 0 fully saturated rings. The van der Waals surface area contributed by atoms with Gasteiger partial charge in [0.25, 0.3) is 5.91 Å². The molecule has 4 rings (SSSR count). The number of aromatic nitrogens is 2. The lowest BCUT2D eigenvalue weighted by Gasteiger charge is -2.14. The van der Waals surface area contributed by atoms with E-state index in [2.05, 4.69) is 20.9 Å². The Hall–Kier alpha value is -3.72. The van der Waals surface area contributed by atoms with Crippen LogP contribution < -0.4 is 16.0 Å². The van der Waals surface area contributed by atoms with Crippen molar-refractivity contribution in [3.63, 3.8) is 0 Å². The van der Waals surface area contributed by atoms with E-state index in [1.165, 1.54) is 0 Å². The average molecular weight is 421 g/mol. The van der Waals surface area contributed by atoms with Crippen molar-refractivity contribution in [1.29, 1.82) is 0 Å². The number of aliphatic hydroxyl groups excluding tert-OH is 1. The fraction of sp³-hybridized carbons (Fsp3) is 0.273. The van der Waals surface area contributed by atoms with Crippen LogP contribution >= 0.6 is 0 Å². The maximum Gasteiger partial charge on any atom is 0.254 e. The first-order valence-corrected chi connectivity index (χ1v) is 10.0. The molecular weight excluding hydrogens is 398 g/mol.